The van der Waals surface area contributed by atoms with Gasteiger partial charge in [-0.2, -0.15) is 0 Å². The molecule has 1 atom stereocenters. The summed E-state index contributed by atoms with van der Waals surface area (Å²) in [6.45, 7) is 9.69. The molecule has 0 fully saturated rings. The van der Waals surface area contributed by atoms with Crippen molar-refractivity contribution in [2.75, 3.05) is 6.61 Å². The molecule has 0 spiro atoms. The van der Waals surface area contributed by atoms with Crippen LogP contribution >= 0.6 is 0 Å². The second-order valence-electron chi connectivity index (χ2n) is 6.28. The van der Waals surface area contributed by atoms with Crippen molar-refractivity contribution in [1.29, 1.82) is 0 Å². The van der Waals surface area contributed by atoms with Crippen molar-refractivity contribution in [3.05, 3.63) is 0 Å². The maximum atomic E-state index is 11.8. The topological polar surface area (TPSA) is 102 Å². The van der Waals surface area contributed by atoms with Crippen LogP contribution in [0, 0.1) is 0 Å². The number of hydrogen-bond donors (Lipinski definition) is 2. The number of carboxylic acids is 1. The van der Waals surface area contributed by atoms with Crippen LogP contribution in [0.25, 0.3) is 0 Å². The summed E-state index contributed by atoms with van der Waals surface area (Å²) in [5.41, 5.74) is -1.36. The summed E-state index contributed by atoms with van der Waals surface area (Å²) in [4.78, 5) is 34.3. The van der Waals surface area contributed by atoms with E-state index in [9.17, 15) is 14.4 Å². The number of nitrogens with one attached hydrogen (secondary N) is 1. The molecule has 0 aromatic carbocycles. The highest BCUT2D eigenvalue weighted by Crippen LogP contribution is 2.08. The molecule has 0 saturated carbocycles. The van der Waals surface area contributed by atoms with Gasteiger partial charge in [0.2, 0.25) is 0 Å². The number of alkyl carbamates (subject to hydrolysis) is 1. The number of rotatable bonds is 5. The second kappa shape index (κ2) is 6.69. The van der Waals surface area contributed by atoms with E-state index >= 15 is 0 Å². The fraction of sp³-hybridized carbons (Fsp3) is 0.769. The first-order valence-electron chi connectivity index (χ1n) is 6.21. The highest BCUT2D eigenvalue weighted by molar-refractivity contribution is 6.05. The molecule has 2 N–H and O–H groups in total. The van der Waals surface area contributed by atoms with Crippen molar-refractivity contribution in [3.63, 3.8) is 0 Å². The monoisotopic (exact) mass is 289 g/mol. The Hall–Kier alpha value is -1.63. The Labute approximate surface area is 118 Å². The Kier molecular flexibility index (Phi) is 6.15. The molecular formula is C13H23NO6. The average Bonchev–Trinajstić information content (AvgIpc) is 2.18. The number of Topliss-reactive ketones (excluding diaryl/α,β-unsaturated/α-hetero) is 1. The first-order valence-corrected chi connectivity index (χ1v) is 6.21. The van der Waals surface area contributed by atoms with E-state index in [2.05, 4.69) is 0 Å². The van der Waals surface area contributed by atoms with E-state index in [1.165, 1.54) is 0 Å². The predicted octanol–water partition coefficient (Wildman–Crippen LogP) is 1.35. The molecule has 0 unspecified atom stereocenters. The number of carbonyl (C=O) groups excluding carboxylic acids is 2. The zero-order valence-corrected chi connectivity index (χ0v) is 12.8. The summed E-state index contributed by atoms with van der Waals surface area (Å²) < 4.78 is 10.1. The third-order valence-corrected chi connectivity index (χ3v) is 1.88. The van der Waals surface area contributed by atoms with E-state index in [1.54, 1.807) is 41.5 Å². The number of carboxylic acid groups (broad SMARTS) is 1. The van der Waals surface area contributed by atoms with Gasteiger partial charge in [-0.3, -0.25) is 4.79 Å². The number of carbonyl (C=O) groups is 3. The van der Waals surface area contributed by atoms with E-state index in [-0.39, 0.29) is 0 Å². The van der Waals surface area contributed by atoms with Gasteiger partial charge in [0, 0.05) is 0 Å². The summed E-state index contributed by atoms with van der Waals surface area (Å²) in [6, 6.07) is -1.69. The summed E-state index contributed by atoms with van der Waals surface area (Å²) in [7, 11) is 0. The van der Waals surface area contributed by atoms with Gasteiger partial charge in [-0.05, 0) is 41.5 Å². The second-order valence-corrected chi connectivity index (χ2v) is 6.28. The Morgan fingerprint density at radius 2 is 1.55 bits per heavy atom. The van der Waals surface area contributed by atoms with E-state index in [4.69, 9.17) is 14.6 Å². The van der Waals surface area contributed by atoms with Gasteiger partial charge >= 0.3 is 12.1 Å². The summed E-state index contributed by atoms with van der Waals surface area (Å²) in [6.07, 6.45) is -0.964. The smallest absolute Gasteiger partial charge is 0.408 e. The first kappa shape index (κ1) is 18.4. The van der Waals surface area contributed by atoms with Gasteiger partial charge in [-0.1, -0.05) is 0 Å². The molecule has 0 heterocycles. The van der Waals surface area contributed by atoms with Crippen LogP contribution in [0.2, 0.25) is 0 Å². The fourth-order valence-corrected chi connectivity index (χ4v) is 1.08. The standard InChI is InChI=1S/C13H23NO6/c1-12(2,3)19-7-8(15)9(10(16)17)14-11(18)20-13(4,5)6/h9H,7H2,1-6H3,(H,14,18)(H,16,17)/t9-/m0/s1. The van der Waals surface area contributed by atoms with Crippen LogP contribution in [-0.4, -0.2) is 46.8 Å². The number of aliphatic carboxylic acids is 1. The third kappa shape index (κ3) is 8.47. The van der Waals surface area contributed by atoms with Crippen LogP contribution in [0.1, 0.15) is 41.5 Å². The zero-order chi connectivity index (χ0) is 16.1. The molecule has 0 radical (unpaired) electrons. The minimum atomic E-state index is -1.69. The molecule has 0 aliphatic rings. The molecule has 0 aliphatic carbocycles. The molecule has 20 heavy (non-hydrogen) atoms. The van der Waals surface area contributed by atoms with Gasteiger partial charge in [-0.15, -0.1) is 0 Å². The Morgan fingerprint density at radius 1 is 1.05 bits per heavy atom. The van der Waals surface area contributed by atoms with Crippen molar-refractivity contribution in [1.82, 2.24) is 5.32 Å². The minimum Gasteiger partial charge on any atom is -0.479 e. The number of hydrogen-bond acceptors (Lipinski definition) is 5. The van der Waals surface area contributed by atoms with Crippen molar-refractivity contribution in [2.24, 2.45) is 0 Å². The Balaban J connectivity index is 4.62. The minimum absolute atomic E-state index is 0.406. The van der Waals surface area contributed by atoms with Crippen molar-refractivity contribution < 1.29 is 29.0 Å². The lowest BCUT2D eigenvalue weighted by Crippen LogP contribution is -2.49. The van der Waals surface area contributed by atoms with Crippen molar-refractivity contribution in [2.45, 2.75) is 58.8 Å². The fourth-order valence-electron chi connectivity index (χ4n) is 1.08. The predicted molar refractivity (Wildman–Crippen MR) is 71.5 cm³/mol. The summed E-state index contributed by atoms with van der Waals surface area (Å²) >= 11 is 0. The zero-order valence-electron chi connectivity index (χ0n) is 12.8. The van der Waals surface area contributed by atoms with Crippen LogP contribution in [0.4, 0.5) is 4.79 Å². The maximum absolute atomic E-state index is 11.8. The third-order valence-electron chi connectivity index (χ3n) is 1.88. The average molecular weight is 289 g/mol. The van der Waals surface area contributed by atoms with Crippen LogP contribution in [0.5, 0.6) is 0 Å². The molecule has 0 bridgehead atoms. The SMILES string of the molecule is CC(C)(C)OCC(=O)[C@H](NC(=O)OC(C)(C)C)C(=O)O. The molecule has 1 amide bonds. The normalized spacial score (nSPS) is 13.5. The lowest BCUT2D eigenvalue weighted by atomic mass is 10.1. The molecule has 7 heteroatoms. The van der Waals surface area contributed by atoms with E-state index < -0.39 is 41.7 Å². The van der Waals surface area contributed by atoms with Crippen molar-refractivity contribution in [3.8, 4) is 0 Å². The van der Waals surface area contributed by atoms with E-state index in [1.807, 2.05) is 5.32 Å². The Bertz CT molecular complexity index is 377. The number of ether oxygens (including phenoxy) is 2. The van der Waals surface area contributed by atoms with Crippen LogP contribution in [0.15, 0.2) is 0 Å². The van der Waals surface area contributed by atoms with E-state index in [0.29, 0.717) is 0 Å². The molecule has 0 aromatic rings. The highest BCUT2D eigenvalue weighted by atomic mass is 16.6. The first-order chi connectivity index (χ1) is 8.82. The molecule has 0 aliphatic heterocycles. The maximum Gasteiger partial charge on any atom is 0.408 e. The van der Waals surface area contributed by atoms with Crippen LogP contribution in [0.3, 0.4) is 0 Å². The van der Waals surface area contributed by atoms with E-state index in [0.717, 1.165) is 0 Å². The lowest BCUT2D eigenvalue weighted by Gasteiger charge is -2.23. The quantitative estimate of drug-likeness (QED) is 0.741. The van der Waals surface area contributed by atoms with Crippen molar-refractivity contribution >= 4 is 17.8 Å². The van der Waals surface area contributed by atoms with Crippen LogP contribution < -0.4 is 5.32 Å². The van der Waals surface area contributed by atoms with Gasteiger partial charge in [0.05, 0.1) is 5.60 Å². The highest BCUT2D eigenvalue weighted by Gasteiger charge is 2.30. The summed E-state index contributed by atoms with van der Waals surface area (Å²) in [5, 5.41) is 11.0. The molecule has 116 valence electrons. The molecule has 0 saturated heterocycles. The Morgan fingerprint density at radius 3 is 1.90 bits per heavy atom. The molecule has 0 aromatic heterocycles. The molecule has 7 nitrogen and oxygen atoms in total. The van der Waals surface area contributed by atoms with Gasteiger partial charge in [0.15, 0.2) is 11.8 Å². The van der Waals surface area contributed by atoms with Gasteiger partial charge < -0.3 is 19.9 Å². The van der Waals surface area contributed by atoms with Crippen LogP contribution in [-0.2, 0) is 19.1 Å². The number of amides is 1. The lowest BCUT2D eigenvalue weighted by molar-refractivity contribution is -0.146. The van der Waals surface area contributed by atoms with Gasteiger partial charge in [0.25, 0.3) is 0 Å². The van der Waals surface area contributed by atoms with Gasteiger partial charge in [-0.25, -0.2) is 9.59 Å². The number of ketones is 1. The summed E-state index contributed by atoms with van der Waals surface area (Å²) in [5.74, 6) is -2.21. The molecular weight excluding hydrogens is 266 g/mol. The largest absolute Gasteiger partial charge is 0.479 e. The van der Waals surface area contributed by atoms with Gasteiger partial charge in [0.1, 0.15) is 12.2 Å². The molecule has 0 rings (SSSR count).